The van der Waals surface area contributed by atoms with E-state index in [9.17, 15) is 14.7 Å². The fourth-order valence-corrected chi connectivity index (χ4v) is 4.31. The maximum Gasteiger partial charge on any atom is 0.295 e. The van der Waals surface area contributed by atoms with Crippen LogP contribution in [0.4, 0.5) is 0 Å². The first kappa shape index (κ1) is 26.4. The average Bonchev–Trinajstić information content (AvgIpc) is 3.09. The Morgan fingerprint density at radius 3 is 2.46 bits per heavy atom. The first-order valence-electron chi connectivity index (χ1n) is 11.3. The van der Waals surface area contributed by atoms with E-state index >= 15 is 0 Å². The summed E-state index contributed by atoms with van der Waals surface area (Å²) in [6.07, 6.45) is 0.643. The molecular weight excluding hydrogens is 472 g/mol. The Kier molecular flexibility index (Phi) is 8.64. The highest BCUT2D eigenvalue weighted by atomic mass is 35.5. The minimum atomic E-state index is -0.830. The van der Waals surface area contributed by atoms with Gasteiger partial charge in [0.05, 0.1) is 37.5 Å². The Morgan fingerprint density at radius 2 is 1.83 bits per heavy atom. The van der Waals surface area contributed by atoms with Crippen molar-refractivity contribution in [1.82, 2.24) is 9.80 Å². The van der Waals surface area contributed by atoms with Crippen LogP contribution >= 0.6 is 11.6 Å². The van der Waals surface area contributed by atoms with E-state index < -0.39 is 17.7 Å². The molecule has 1 atom stereocenters. The van der Waals surface area contributed by atoms with Crippen LogP contribution in [0.15, 0.2) is 42.0 Å². The van der Waals surface area contributed by atoms with Gasteiger partial charge in [-0.05, 0) is 69.9 Å². The van der Waals surface area contributed by atoms with Crippen molar-refractivity contribution in [3.05, 3.63) is 58.1 Å². The summed E-state index contributed by atoms with van der Waals surface area (Å²) >= 11 is 6.36. The number of halogens is 1. The van der Waals surface area contributed by atoms with Gasteiger partial charge in [-0.25, -0.2) is 0 Å². The summed E-state index contributed by atoms with van der Waals surface area (Å²) in [6.45, 7) is 3.37. The second-order valence-corrected chi connectivity index (χ2v) is 8.75. The highest BCUT2D eigenvalue weighted by Crippen LogP contribution is 2.43. The van der Waals surface area contributed by atoms with Gasteiger partial charge in [-0.1, -0.05) is 17.7 Å². The summed E-state index contributed by atoms with van der Waals surface area (Å²) in [6, 6.07) is 9.14. The predicted molar refractivity (Wildman–Crippen MR) is 134 cm³/mol. The van der Waals surface area contributed by atoms with E-state index in [-0.39, 0.29) is 21.9 Å². The number of carbonyl (C=O) groups is 2. The van der Waals surface area contributed by atoms with Crippen LogP contribution in [0.2, 0.25) is 5.02 Å². The number of aliphatic hydroxyl groups is 1. The zero-order chi connectivity index (χ0) is 25.7. The minimum Gasteiger partial charge on any atom is -0.507 e. The number of nitrogens with zero attached hydrogens (tertiary/aromatic N) is 2. The lowest BCUT2D eigenvalue weighted by atomic mass is 9.94. The molecule has 0 bridgehead atoms. The Morgan fingerprint density at radius 1 is 1.09 bits per heavy atom. The molecule has 9 heteroatoms. The van der Waals surface area contributed by atoms with Crippen LogP contribution < -0.4 is 14.2 Å². The monoisotopic (exact) mass is 502 g/mol. The van der Waals surface area contributed by atoms with Gasteiger partial charge in [0.15, 0.2) is 11.5 Å². The molecule has 1 heterocycles. The summed E-state index contributed by atoms with van der Waals surface area (Å²) in [5, 5.41) is 11.5. The fraction of sp³-hybridized carbons (Fsp3) is 0.385. The zero-order valence-corrected chi connectivity index (χ0v) is 21.4. The number of rotatable bonds is 10. The zero-order valence-electron chi connectivity index (χ0n) is 20.6. The van der Waals surface area contributed by atoms with Crippen LogP contribution in [-0.4, -0.2) is 74.6 Å². The molecule has 0 aliphatic carbocycles. The molecule has 1 amide bonds. The third-order valence-electron chi connectivity index (χ3n) is 5.78. The van der Waals surface area contributed by atoms with Crippen LogP contribution in [0.1, 0.15) is 30.5 Å². The van der Waals surface area contributed by atoms with Gasteiger partial charge in [0.2, 0.25) is 0 Å². The summed E-state index contributed by atoms with van der Waals surface area (Å²) in [4.78, 5) is 29.9. The Hall–Kier alpha value is -3.23. The molecule has 2 aromatic carbocycles. The molecule has 0 spiro atoms. The van der Waals surface area contributed by atoms with E-state index in [1.807, 2.05) is 25.9 Å². The van der Waals surface area contributed by atoms with Gasteiger partial charge >= 0.3 is 0 Å². The van der Waals surface area contributed by atoms with Crippen molar-refractivity contribution in [1.29, 1.82) is 0 Å². The Labute approximate surface area is 210 Å². The average molecular weight is 503 g/mol. The summed E-state index contributed by atoms with van der Waals surface area (Å²) < 4.78 is 16.4. The van der Waals surface area contributed by atoms with Gasteiger partial charge in [0.25, 0.3) is 11.7 Å². The first-order chi connectivity index (χ1) is 16.7. The van der Waals surface area contributed by atoms with Crippen LogP contribution in [0.3, 0.4) is 0 Å². The Balaban J connectivity index is 2.18. The van der Waals surface area contributed by atoms with Crippen molar-refractivity contribution in [2.75, 3.05) is 48.0 Å². The van der Waals surface area contributed by atoms with E-state index in [4.69, 9.17) is 25.8 Å². The molecule has 1 aliphatic heterocycles. The lowest BCUT2D eigenvalue weighted by Crippen LogP contribution is -2.32. The number of aliphatic hydroxyl groups excluding tert-OH is 1. The van der Waals surface area contributed by atoms with Crippen LogP contribution in [0, 0.1) is 0 Å². The van der Waals surface area contributed by atoms with Crippen molar-refractivity contribution >= 4 is 29.1 Å². The van der Waals surface area contributed by atoms with E-state index in [1.54, 1.807) is 30.3 Å². The molecule has 1 N–H and O–H groups in total. The first-order valence-corrected chi connectivity index (χ1v) is 11.7. The molecule has 0 aromatic heterocycles. The van der Waals surface area contributed by atoms with Crippen molar-refractivity contribution < 1.29 is 28.9 Å². The number of ether oxygens (including phenoxy) is 3. The maximum atomic E-state index is 13.3. The van der Waals surface area contributed by atoms with Crippen LogP contribution in [-0.2, 0) is 9.59 Å². The largest absolute Gasteiger partial charge is 0.507 e. The van der Waals surface area contributed by atoms with E-state index in [1.165, 1.54) is 25.2 Å². The van der Waals surface area contributed by atoms with Gasteiger partial charge in [0, 0.05) is 12.1 Å². The van der Waals surface area contributed by atoms with Gasteiger partial charge in [0.1, 0.15) is 11.5 Å². The standard InChI is InChI=1S/C26H31ClN2O6/c1-6-35-20-11-8-16(14-21(20)34-5)23-22(24(30)18-15-17(33-4)9-10-19(18)27)25(31)26(32)29(23)13-7-12-28(2)3/h8-11,14-15,23,30H,6-7,12-13H2,1-5H3/b24-22+. The molecule has 0 saturated carbocycles. The molecular formula is C26H31ClN2O6. The van der Waals surface area contributed by atoms with Crippen molar-refractivity contribution in [3.63, 3.8) is 0 Å². The predicted octanol–water partition coefficient (Wildman–Crippen LogP) is 4.13. The minimum absolute atomic E-state index is 0.0405. The SMILES string of the molecule is CCOc1ccc(C2/C(=C(\O)c3cc(OC)ccc3Cl)C(=O)C(=O)N2CCCN(C)C)cc1OC. The molecule has 0 radical (unpaired) electrons. The molecule has 2 aromatic rings. The number of Topliss-reactive ketones (excluding diaryl/α,β-unsaturated/α-hetero) is 1. The summed E-state index contributed by atoms with van der Waals surface area (Å²) in [7, 11) is 6.88. The fourth-order valence-electron chi connectivity index (χ4n) is 4.10. The lowest BCUT2D eigenvalue weighted by molar-refractivity contribution is -0.139. The molecule has 8 nitrogen and oxygen atoms in total. The van der Waals surface area contributed by atoms with Crippen molar-refractivity contribution in [2.45, 2.75) is 19.4 Å². The second-order valence-electron chi connectivity index (χ2n) is 8.34. The summed E-state index contributed by atoms with van der Waals surface area (Å²) in [5.74, 6) is -0.358. The normalized spacial score (nSPS) is 17.2. The van der Waals surface area contributed by atoms with Crippen LogP contribution in [0.25, 0.3) is 5.76 Å². The number of methoxy groups -OCH3 is 2. The quantitative estimate of drug-likeness (QED) is 0.297. The number of ketones is 1. The molecule has 188 valence electrons. The van der Waals surface area contributed by atoms with Crippen molar-refractivity contribution in [2.24, 2.45) is 0 Å². The molecule has 1 saturated heterocycles. The molecule has 1 unspecified atom stereocenters. The molecule has 1 aliphatic rings. The van der Waals surface area contributed by atoms with Gasteiger partial charge in [-0.3, -0.25) is 9.59 Å². The van der Waals surface area contributed by atoms with Crippen LogP contribution in [0.5, 0.6) is 17.2 Å². The van der Waals surface area contributed by atoms with E-state index in [2.05, 4.69) is 0 Å². The number of carbonyl (C=O) groups excluding carboxylic acids is 2. The number of hydrogen-bond donors (Lipinski definition) is 1. The maximum absolute atomic E-state index is 13.3. The molecule has 35 heavy (non-hydrogen) atoms. The third-order valence-corrected chi connectivity index (χ3v) is 6.11. The number of amides is 1. The number of benzene rings is 2. The van der Waals surface area contributed by atoms with Crippen molar-refractivity contribution in [3.8, 4) is 17.2 Å². The smallest absolute Gasteiger partial charge is 0.295 e. The van der Waals surface area contributed by atoms with E-state index in [0.717, 1.165) is 6.54 Å². The topological polar surface area (TPSA) is 88.5 Å². The lowest BCUT2D eigenvalue weighted by Gasteiger charge is -2.26. The summed E-state index contributed by atoms with van der Waals surface area (Å²) in [5.41, 5.74) is 0.774. The van der Waals surface area contributed by atoms with Gasteiger partial charge in [-0.15, -0.1) is 0 Å². The third kappa shape index (κ3) is 5.55. The molecule has 1 fully saturated rings. The molecule has 3 rings (SSSR count). The Bertz CT molecular complexity index is 1130. The highest BCUT2D eigenvalue weighted by Gasteiger charge is 2.46. The van der Waals surface area contributed by atoms with Gasteiger partial charge in [-0.2, -0.15) is 0 Å². The highest BCUT2D eigenvalue weighted by molar-refractivity contribution is 6.47. The number of hydrogen-bond acceptors (Lipinski definition) is 7. The number of likely N-dealkylation sites (tertiary alicyclic amines) is 1. The second kappa shape index (κ2) is 11.5. The van der Waals surface area contributed by atoms with Gasteiger partial charge < -0.3 is 29.1 Å². The van der Waals surface area contributed by atoms with E-state index in [0.29, 0.717) is 42.4 Å².